The van der Waals surface area contributed by atoms with Gasteiger partial charge in [-0.2, -0.15) is 5.10 Å². The smallest absolute Gasteiger partial charge is 0.255 e. The average molecular weight is 249 g/mol. The molecule has 0 fully saturated rings. The Balaban J connectivity index is 2.10. The quantitative estimate of drug-likeness (QED) is 0.907. The summed E-state index contributed by atoms with van der Waals surface area (Å²) in [6, 6.07) is 4.03. The Hall–Kier alpha value is -1.62. The summed E-state index contributed by atoms with van der Waals surface area (Å²) in [5.74, 6) is -0.0727. The van der Waals surface area contributed by atoms with Crippen molar-refractivity contribution in [2.45, 2.75) is 19.9 Å². The Labute approximate surface area is 104 Å². The van der Waals surface area contributed by atoms with Crippen LogP contribution in [0.5, 0.6) is 0 Å². The molecule has 1 amide bonds. The fourth-order valence-corrected chi connectivity index (χ4v) is 2.34. The molecule has 0 aliphatic heterocycles. The van der Waals surface area contributed by atoms with E-state index in [0.29, 0.717) is 5.56 Å². The Morgan fingerprint density at radius 2 is 2.35 bits per heavy atom. The van der Waals surface area contributed by atoms with Gasteiger partial charge in [-0.25, -0.2) is 0 Å². The number of rotatable bonds is 3. The topological polar surface area (TPSA) is 46.9 Å². The molecule has 0 radical (unpaired) electrons. The summed E-state index contributed by atoms with van der Waals surface area (Å²) in [6.45, 7) is 3.87. The molecule has 0 aliphatic carbocycles. The van der Waals surface area contributed by atoms with Gasteiger partial charge < -0.3 is 5.32 Å². The maximum absolute atomic E-state index is 12.0. The first-order valence-electron chi connectivity index (χ1n) is 5.42. The number of nitrogens with one attached hydrogen (secondary N) is 1. The van der Waals surface area contributed by atoms with Gasteiger partial charge in [-0.1, -0.05) is 6.07 Å². The standard InChI is InChI=1S/C12H15N3OS/c1-8(11-5-4-6-17-11)14-12(16)10-7-13-15(3)9(10)2/h4-8H,1-3H3,(H,14,16)/t8-/m1/s1. The van der Waals surface area contributed by atoms with Crippen LogP contribution in [0.1, 0.15) is 33.9 Å². The molecule has 0 bridgehead atoms. The lowest BCUT2D eigenvalue weighted by atomic mass is 10.2. The molecule has 90 valence electrons. The highest BCUT2D eigenvalue weighted by molar-refractivity contribution is 7.10. The van der Waals surface area contributed by atoms with E-state index in [4.69, 9.17) is 0 Å². The van der Waals surface area contributed by atoms with E-state index in [2.05, 4.69) is 10.4 Å². The molecule has 0 spiro atoms. The zero-order valence-electron chi connectivity index (χ0n) is 10.1. The van der Waals surface area contributed by atoms with Gasteiger partial charge in [-0.15, -0.1) is 11.3 Å². The van der Waals surface area contributed by atoms with Crippen molar-refractivity contribution in [1.82, 2.24) is 15.1 Å². The molecule has 5 heteroatoms. The van der Waals surface area contributed by atoms with Gasteiger partial charge in [-0.3, -0.25) is 9.48 Å². The van der Waals surface area contributed by atoms with E-state index in [1.807, 2.05) is 38.4 Å². The molecule has 17 heavy (non-hydrogen) atoms. The van der Waals surface area contributed by atoms with Crippen molar-refractivity contribution < 1.29 is 4.79 Å². The third-order valence-electron chi connectivity index (χ3n) is 2.80. The first kappa shape index (κ1) is 11.9. The van der Waals surface area contributed by atoms with Gasteiger partial charge in [0, 0.05) is 17.6 Å². The van der Waals surface area contributed by atoms with Gasteiger partial charge in [0.1, 0.15) is 0 Å². The zero-order valence-corrected chi connectivity index (χ0v) is 10.9. The molecule has 0 aromatic carbocycles. The van der Waals surface area contributed by atoms with Crippen LogP contribution in [0.4, 0.5) is 0 Å². The highest BCUT2D eigenvalue weighted by Gasteiger charge is 2.16. The summed E-state index contributed by atoms with van der Waals surface area (Å²) in [7, 11) is 1.83. The van der Waals surface area contributed by atoms with Crippen LogP contribution >= 0.6 is 11.3 Å². The van der Waals surface area contributed by atoms with Crippen LogP contribution in [0, 0.1) is 6.92 Å². The summed E-state index contributed by atoms with van der Waals surface area (Å²) in [4.78, 5) is 13.2. The molecule has 0 saturated heterocycles. The van der Waals surface area contributed by atoms with Crippen molar-refractivity contribution >= 4 is 17.2 Å². The van der Waals surface area contributed by atoms with Gasteiger partial charge in [0.2, 0.25) is 0 Å². The number of thiophene rings is 1. The lowest BCUT2D eigenvalue weighted by Gasteiger charge is -2.11. The highest BCUT2D eigenvalue weighted by atomic mass is 32.1. The van der Waals surface area contributed by atoms with Crippen LogP contribution in [-0.4, -0.2) is 15.7 Å². The van der Waals surface area contributed by atoms with E-state index in [1.54, 1.807) is 22.2 Å². The second-order valence-corrected chi connectivity index (χ2v) is 4.96. The van der Waals surface area contributed by atoms with Gasteiger partial charge in [0.15, 0.2) is 0 Å². The van der Waals surface area contributed by atoms with Crippen molar-refractivity contribution in [3.05, 3.63) is 39.8 Å². The average Bonchev–Trinajstić information content (AvgIpc) is 2.90. The third-order valence-corrected chi connectivity index (χ3v) is 3.85. The maximum Gasteiger partial charge on any atom is 0.255 e. The van der Waals surface area contributed by atoms with Crippen molar-refractivity contribution in [3.63, 3.8) is 0 Å². The molecule has 2 aromatic rings. The fourth-order valence-electron chi connectivity index (χ4n) is 1.60. The third kappa shape index (κ3) is 2.39. The number of carbonyl (C=O) groups is 1. The lowest BCUT2D eigenvalue weighted by Crippen LogP contribution is -2.26. The summed E-state index contributed by atoms with van der Waals surface area (Å²) in [6.07, 6.45) is 1.60. The molecule has 1 atom stereocenters. The number of aryl methyl sites for hydroxylation is 1. The predicted octanol–water partition coefficient (Wildman–Crippen LogP) is 2.28. The predicted molar refractivity (Wildman–Crippen MR) is 68.1 cm³/mol. The molecule has 0 saturated carbocycles. The Morgan fingerprint density at radius 3 is 2.88 bits per heavy atom. The molecule has 2 aromatic heterocycles. The number of aromatic nitrogens is 2. The van der Waals surface area contributed by atoms with Crippen LogP contribution in [-0.2, 0) is 7.05 Å². The van der Waals surface area contributed by atoms with E-state index in [0.717, 1.165) is 10.6 Å². The zero-order chi connectivity index (χ0) is 12.4. The molecule has 2 rings (SSSR count). The summed E-state index contributed by atoms with van der Waals surface area (Å²) in [5.41, 5.74) is 1.51. The minimum absolute atomic E-state index is 0.0297. The van der Waals surface area contributed by atoms with Crippen molar-refractivity contribution in [1.29, 1.82) is 0 Å². The number of hydrogen-bond acceptors (Lipinski definition) is 3. The molecule has 0 aliphatic rings. The van der Waals surface area contributed by atoms with E-state index in [1.165, 1.54) is 0 Å². The van der Waals surface area contributed by atoms with Gasteiger partial charge in [0.05, 0.1) is 17.8 Å². The van der Waals surface area contributed by atoms with E-state index in [9.17, 15) is 4.79 Å². The molecule has 2 heterocycles. The number of hydrogen-bond donors (Lipinski definition) is 1. The first-order valence-corrected chi connectivity index (χ1v) is 6.30. The van der Waals surface area contributed by atoms with Crippen molar-refractivity contribution in [2.24, 2.45) is 7.05 Å². The Bertz CT molecular complexity index is 516. The molecular formula is C12H15N3OS. The van der Waals surface area contributed by atoms with Gasteiger partial charge >= 0.3 is 0 Å². The van der Waals surface area contributed by atoms with Crippen LogP contribution < -0.4 is 5.32 Å². The van der Waals surface area contributed by atoms with Crippen LogP contribution in [0.3, 0.4) is 0 Å². The molecule has 0 unspecified atom stereocenters. The minimum atomic E-state index is -0.0727. The largest absolute Gasteiger partial charge is 0.345 e. The first-order chi connectivity index (χ1) is 8.09. The highest BCUT2D eigenvalue weighted by Crippen LogP contribution is 2.18. The summed E-state index contributed by atoms with van der Waals surface area (Å²) in [5, 5.41) is 9.04. The van der Waals surface area contributed by atoms with Crippen LogP contribution in [0.2, 0.25) is 0 Å². The van der Waals surface area contributed by atoms with Gasteiger partial charge in [-0.05, 0) is 25.3 Å². The lowest BCUT2D eigenvalue weighted by molar-refractivity contribution is 0.0940. The molecule has 1 N–H and O–H groups in total. The Kier molecular flexibility index (Phi) is 3.28. The van der Waals surface area contributed by atoms with E-state index in [-0.39, 0.29) is 11.9 Å². The summed E-state index contributed by atoms with van der Waals surface area (Å²) < 4.78 is 1.70. The number of carbonyl (C=O) groups excluding carboxylic acids is 1. The van der Waals surface area contributed by atoms with E-state index < -0.39 is 0 Å². The van der Waals surface area contributed by atoms with E-state index >= 15 is 0 Å². The van der Waals surface area contributed by atoms with Crippen LogP contribution in [0.15, 0.2) is 23.7 Å². The number of nitrogens with zero attached hydrogens (tertiary/aromatic N) is 2. The molecule has 4 nitrogen and oxygen atoms in total. The second kappa shape index (κ2) is 4.71. The number of amides is 1. The van der Waals surface area contributed by atoms with Crippen molar-refractivity contribution in [2.75, 3.05) is 0 Å². The monoisotopic (exact) mass is 249 g/mol. The normalized spacial score (nSPS) is 12.4. The second-order valence-electron chi connectivity index (χ2n) is 3.98. The summed E-state index contributed by atoms with van der Waals surface area (Å²) >= 11 is 1.64. The van der Waals surface area contributed by atoms with Gasteiger partial charge in [0.25, 0.3) is 5.91 Å². The fraction of sp³-hybridized carbons (Fsp3) is 0.333. The molecular weight excluding hydrogens is 234 g/mol. The SMILES string of the molecule is Cc1c(C(=O)N[C@H](C)c2cccs2)cnn1C. The Morgan fingerprint density at radius 1 is 1.59 bits per heavy atom. The van der Waals surface area contributed by atoms with Crippen molar-refractivity contribution in [3.8, 4) is 0 Å². The van der Waals surface area contributed by atoms with Crippen LogP contribution in [0.25, 0.3) is 0 Å². The maximum atomic E-state index is 12.0. The minimum Gasteiger partial charge on any atom is -0.345 e.